The molecule has 1 N–H and O–H groups in total. The number of ether oxygens (including phenoxy) is 2. The van der Waals surface area contributed by atoms with Crippen molar-refractivity contribution < 1.29 is 19.1 Å². The van der Waals surface area contributed by atoms with E-state index in [2.05, 4.69) is 5.32 Å². The van der Waals surface area contributed by atoms with Gasteiger partial charge in [0.1, 0.15) is 0 Å². The number of benzene rings is 1. The zero-order valence-corrected chi connectivity index (χ0v) is 11.0. The quantitative estimate of drug-likeness (QED) is 0.502. The zero-order chi connectivity index (χ0) is 14.0. The Bertz CT molecular complexity index is 521. The Kier molecular flexibility index (Phi) is 3.29. The molecular formula is C14H15NO4. The number of hydrogen-bond donors (Lipinski definition) is 1. The van der Waals surface area contributed by atoms with Crippen molar-refractivity contribution in [3.63, 3.8) is 0 Å². The van der Waals surface area contributed by atoms with Crippen LogP contribution in [0.4, 0.5) is 5.69 Å². The Labute approximate surface area is 111 Å². The van der Waals surface area contributed by atoms with Crippen LogP contribution in [0.2, 0.25) is 0 Å². The van der Waals surface area contributed by atoms with Crippen LogP contribution in [0.15, 0.2) is 36.0 Å². The number of carbonyl (C=O) groups is 2. The third-order valence-corrected chi connectivity index (χ3v) is 2.55. The van der Waals surface area contributed by atoms with Gasteiger partial charge in [-0.1, -0.05) is 17.7 Å². The van der Waals surface area contributed by atoms with E-state index in [1.54, 1.807) is 0 Å². The molecule has 0 spiro atoms. The molecule has 1 heterocycles. The SMILES string of the molecule is Cc1ccc(NC=C2C(=O)OC(C)(C)OC2=O)cc1. The Morgan fingerprint density at radius 1 is 1.05 bits per heavy atom. The summed E-state index contributed by atoms with van der Waals surface area (Å²) in [6.45, 7) is 4.99. The van der Waals surface area contributed by atoms with E-state index < -0.39 is 17.7 Å². The van der Waals surface area contributed by atoms with Crippen LogP contribution in [0.5, 0.6) is 0 Å². The third kappa shape index (κ3) is 3.13. The largest absolute Gasteiger partial charge is 0.419 e. The van der Waals surface area contributed by atoms with Crippen LogP contribution >= 0.6 is 0 Å². The minimum atomic E-state index is -1.21. The average molecular weight is 261 g/mol. The van der Waals surface area contributed by atoms with E-state index in [0.717, 1.165) is 11.3 Å². The number of cyclic esters (lactones) is 2. The summed E-state index contributed by atoms with van der Waals surface area (Å²) in [4.78, 5) is 23.3. The van der Waals surface area contributed by atoms with Gasteiger partial charge in [0, 0.05) is 25.7 Å². The summed E-state index contributed by atoms with van der Waals surface area (Å²) >= 11 is 0. The standard InChI is InChI=1S/C14H15NO4/c1-9-4-6-10(7-5-9)15-8-11-12(16)18-14(2,3)19-13(11)17/h4-8,15H,1-3H3. The van der Waals surface area contributed by atoms with Crippen LogP contribution in [0, 0.1) is 6.92 Å². The molecule has 0 bridgehead atoms. The van der Waals surface area contributed by atoms with Gasteiger partial charge in [0.2, 0.25) is 0 Å². The molecule has 0 aromatic heterocycles. The molecule has 0 aliphatic carbocycles. The molecule has 1 fully saturated rings. The average Bonchev–Trinajstić information content (AvgIpc) is 2.29. The van der Waals surface area contributed by atoms with Crippen molar-refractivity contribution in [1.82, 2.24) is 0 Å². The number of carbonyl (C=O) groups excluding carboxylic acids is 2. The van der Waals surface area contributed by atoms with Gasteiger partial charge in [0.25, 0.3) is 5.79 Å². The molecule has 1 saturated heterocycles. The molecule has 0 unspecified atom stereocenters. The molecule has 1 aliphatic heterocycles. The predicted molar refractivity (Wildman–Crippen MR) is 69.1 cm³/mol. The van der Waals surface area contributed by atoms with Gasteiger partial charge in [0.05, 0.1) is 0 Å². The minimum absolute atomic E-state index is 0.153. The highest BCUT2D eigenvalue weighted by atomic mass is 16.7. The maximum absolute atomic E-state index is 11.7. The fourth-order valence-electron chi connectivity index (χ4n) is 1.58. The maximum Gasteiger partial charge on any atom is 0.350 e. The highest BCUT2D eigenvalue weighted by Crippen LogP contribution is 2.22. The third-order valence-electron chi connectivity index (χ3n) is 2.55. The van der Waals surface area contributed by atoms with Crippen molar-refractivity contribution in [2.24, 2.45) is 0 Å². The Hall–Kier alpha value is -2.30. The lowest BCUT2D eigenvalue weighted by molar-refractivity contribution is -0.222. The highest BCUT2D eigenvalue weighted by molar-refractivity contribution is 6.15. The summed E-state index contributed by atoms with van der Waals surface area (Å²) in [7, 11) is 0. The molecule has 19 heavy (non-hydrogen) atoms. The van der Waals surface area contributed by atoms with Gasteiger partial charge in [0.15, 0.2) is 5.57 Å². The highest BCUT2D eigenvalue weighted by Gasteiger charge is 2.38. The summed E-state index contributed by atoms with van der Waals surface area (Å²) in [6.07, 6.45) is 1.30. The number of rotatable bonds is 2. The second kappa shape index (κ2) is 4.76. The fourth-order valence-corrected chi connectivity index (χ4v) is 1.58. The first-order valence-electron chi connectivity index (χ1n) is 5.87. The summed E-state index contributed by atoms with van der Waals surface area (Å²) < 4.78 is 9.95. The molecule has 1 aromatic rings. The van der Waals surface area contributed by atoms with Crippen LogP contribution in [0.1, 0.15) is 19.4 Å². The van der Waals surface area contributed by atoms with Crippen molar-refractivity contribution in [3.8, 4) is 0 Å². The lowest BCUT2D eigenvalue weighted by Crippen LogP contribution is -2.42. The molecule has 1 aliphatic rings. The topological polar surface area (TPSA) is 64.6 Å². The first kappa shape index (κ1) is 13.1. The van der Waals surface area contributed by atoms with E-state index >= 15 is 0 Å². The van der Waals surface area contributed by atoms with Gasteiger partial charge >= 0.3 is 11.9 Å². The molecule has 2 rings (SSSR count). The fraction of sp³-hybridized carbons (Fsp3) is 0.286. The Morgan fingerprint density at radius 2 is 1.58 bits per heavy atom. The number of nitrogens with one attached hydrogen (secondary N) is 1. The van der Waals surface area contributed by atoms with E-state index in [9.17, 15) is 9.59 Å². The number of anilines is 1. The first-order valence-corrected chi connectivity index (χ1v) is 5.87. The zero-order valence-electron chi connectivity index (χ0n) is 11.0. The Balaban J connectivity index is 2.13. The van der Waals surface area contributed by atoms with Gasteiger partial charge < -0.3 is 14.8 Å². The van der Waals surface area contributed by atoms with Crippen molar-refractivity contribution in [3.05, 3.63) is 41.6 Å². The van der Waals surface area contributed by atoms with E-state index in [0.29, 0.717) is 0 Å². The first-order chi connectivity index (χ1) is 8.87. The lowest BCUT2D eigenvalue weighted by atomic mass is 10.2. The lowest BCUT2D eigenvalue weighted by Gasteiger charge is -2.29. The van der Waals surface area contributed by atoms with E-state index in [-0.39, 0.29) is 5.57 Å². The maximum atomic E-state index is 11.7. The van der Waals surface area contributed by atoms with E-state index in [1.165, 1.54) is 20.0 Å². The molecule has 0 saturated carbocycles. The molecule has 0 radical (unpaired) electrons. The molecule has 5 heteroatoms. The second-order valence-electron chi connectivity index (χ2n) is 4.75. The molecule has 0 amide bonds. The second-order valence-corrected chi connectivity index (χ2v) is 4.75. The van der Waals surface area contributed by atoms with Crippen molar-refractivity contribution in [2.75, 3.05) is 5.32 Å². The molecule has 100 valence electrons. The summed E-state index contributed by atoms with van der Waals surface area (Å²) in [5.74, 6) is -2.60. The molecule has 5 nitrogen and oxygen atoms in total. The number of aryl methyl sites for hydroxylation is 1. The normalized spacial score (nSPS) is 17.5. The van der Waals surface area contributed by atoms with E-state index in [4.69, 9.17) is 9.47 Å². The van der Waals surface area contributed by atoms with Crippen LogP contribution in [0.3, 0.4) is 0 Å². The summed E-state index contributed by atoms with van der Waals surface area (Å²) in [5.41, 5.74) is 1.74. The predicted octanol–water partition coefficient (Wildman–Crippen LogP) is 2.13. The minimum Gasteiger partial charge on any atom is -0.419 e. The molecular weight excluding hydrogens is 246 g/mol. The molecule has 1 aromatic carbocycles. The van der Waals surface area contributed by atoms with Crippen LogP contribution < -0.4 is 5.32 Å². The van der Waals surface area contributed by atoms with Gasteiger partial charge in [-0.25, -0.2) is 9.59 Å². The van der Waals surface area contributed by atoms with Crippen molar-refractivity contribution >= 4 is 17.6 Å². The summed E-state index contributed by atoms with van der Waals surface area (Å²) in [5, 5.41) is 2.87. The van der Waals surface area contributed by atoms with Crippen LogP contribution in [-0.2, 0) is 19.1 Å². The Morgan fingerprint density at radius 3 is 2.11 bits per heavy atom. The van der Waals surface area contributed by atoms with Crippen LogP contribution in [0.25, 0.3) is 0 Å². The number of hydrogen-bond acceptors (Lipinski definition) is 5. The van der Waals surface area contributed by atoms with Crippen LogP contribution in [-0.4, -0.2) is 17.7 Å². The van der Waals surface area contributed by atoms with E-state index in [1.807, 2.05) is 31.2 Å². The summed E-state index contributed by atoms with van der Waals surface area (Å²) in [6, 6.07) is 7.52. The monoisotopic (exact) mass is 261 g/mol. The smallest absolute Gasteiger partial charge is 0.350 e. The van der Waals surface area contributed by atoms with Gasteiger partial charge in [-0.05, 0) is 19.1 Å². The van der Waals surface area contributed by atoms with Crippen molar-refractivity contribution in [1.29, 1.82) is 0 Å². The van der Waals surface area contributed by atoms with Gasteiger partial charge in [-0.15, -0.1) is 0 Å². The van der Waals surface area contributed by atoms with Crippen molar-refractivity contribution in [2.45, 2.75) is 26.6 Å². The number of esters is 2. The molecule has 0 atom stereocenters. The van der Waals surface area contributed by atoms with Gasteiger partial charge in [-0.2, -0.15) is 0 Å². The van der Waals surface area contributed by atoms with Gasteiger partial charge in [-0.3, -0.25) is 0 Å².